The molecule has 1 aliphatic carbocycles. The molecule has 0 heterocycles. The van der Waals surface area contributed by atoms with Crippen molar-refractivity contribution in [2.75, 3.05) is 6.61 Å². The summed E-state index contributed by atoms with van der Waals surface area (Å²) in [4.78, 5) is 12.1. The lowest BCUT2D eigenvalue weighted by Crippen LogP contribution is -2.56. The molecular formula is C14H19NO2. The highest BCUT2D eigenvalue weighted by Gasteiger charge is 2.37. The highest BCUT2D eigenvalue weighted by Crippen LogP contribution is 2.31. The van der Waals surface area contributed by atoms with E-state index in [1.807, 2.05) is 32.0 Å². The van der Waals surface area contributed by atoms with Crippen LogP contribution < -0.4 is 5.32 Å². The number of aliphatic hydroxyl groups excluding tert-OH is 1. The zero-order valence-corrected chi connectivity index (χ0v) is 10.4. The maximum absolute atomic E-state index is 12.1. The number of benzene rings is 1. The molecule has 3 heteroatoms. The van der Waals surface area contributed by atoms with Crippen LogP contribution in [0.15, 0.2) is 18.2 Å². The molecule has 0 bridgehead atoms. The van der Waals surface area contributed by atoms with Gasteiger partial charge in [-0.2, -0.15) is 0 Å². The minimum atomic E-state index is -0.365. The fourth-order valence-electron chi connectivity index (χ4n) is 2.12. The van der Waals surface area contributed by atoms with Crippen molar-refractivity contribution in [1.29, 1.82) is 0 Å². The van der Waals surface area contributed by atoms with Gasteiger partial charge in [0.25, 0.3) is 5.91 Å². The molecule has 2 rings (SSSR count). The second-order valence-electron chi connectivity index (χ2n) is 5.05. The SMILES string of the molecule is Cc1ccc(C(=O)NC2(CO)CCC2)cc1C. The Balaban J connectivity index is 2.11. The maximum Gasteiger partial charge on any atom is 0.251 e. The number of rotatable bonds is 3. The highest BCUT2D eigenvalue weighted by atomic mass is 16.3. The van der Waals surface area contributed by atoms with Crippen LogP contribution in [0.1, 0.15) is 40.7 Å². The Bertz CT molecular complexity index is 430. The molecule has 0 atom stereocenters. The maximum atomic E-state index is 12.1. The Morgan fingerprint density at radius 2 is 2.06 bits per heavy atom. The van der Waals surface area contributed by atoms with Crippen molar-refractivity contribution in [2.24, 2.45) is 0 Å². The molecule has 0 aliphatic heterocycles. The first-order valence-electron chi connectivity index (χ1n) is 6.07. The molecule has 2 N–H and O–H groups in total. The van der Waals surface area contributed by atoms with Gasteiger partial charge in [0.15, 0.2) is 0 Å². The Morgan fingerprint density at radius 3 is 2.53 bits per heavy atom. The Hall–Kier alpha value is -1.35. The largest absolute Gasteiger partial charge is 0.394 e. The molecular weight excluding hydrogens is 214 g/mol. The summed E-state index contributed by atoms with van der Waals surface area (Å²) in [5, 5.41) is 12.3. The summed E-state index contributed by atoms with van der Waals surface area (Å²) in [7, 11) is 0. The molecule has 1 amide bonds. The number of aliphatic hydroxyl groups is 1. The van der Waals surface area contributed by atoms with Crippen molar-refractivity contribution < 1.29 is 9.90 Å². The van der Waals surface area contributed by atoms with Crippen molar-refractivity contribution in [3.63, 3.8) is 0 Å². The van der Waals surface area contributed by atoms with Gasteiger partial charge in [0.1, 0.15) is 0 Å². The molecule has 0 radical (unpaired) electrons. The van der Waals surface area contributed by atoms with E-state index in [0.717, 1.165) is 24.8 Å². The third kappa shape index (κ3) is 2.34. The van der Waals surface area contributed by atoms with Crippen LogP contribution in [0.5, 0.6) is 0 Å². The van der Waals surface area contributed by atoms with Crippen LogP contribution in [0, 0.1) is 13.8 Å². The first-order valence-corrected chi connectivity index (χ1v) is 6.07. The van der Waals surface area contributed by atoms with E-state index < -0.39 is 0 Å². The summed E-state index contributed by atoms with van der Waals surface area (Å²) in [5.74, 6) is -0.0816. The lowest BCUT2D eigenvalue weighted by Gasteiger charge is -2.41. The first-order chi connectivity index (χ1) is 8.06. The van der Waals surface area contributed by atoms with Gasteiger partial charge < -0.3 is 10.4 Å². The lowest BCUT2D eigenvalue weighted by molar-refractivity contribution is 0.0641. The Kier molecular flexibility index (Phi) is 3.20. The molecule has 0 spiro atoms. The average Bonchev–Trinajstić information content (AvgIpc) is 2.27. The first kappa shape index (κ1) is 12.1. The predicted octanol–water partition coefficient (Wildman–Crippen LogP) is 1.95. The number of hydrogen-bond donors (Lipinski definition) is 2. The van der Waals surface area contributed by atoms with E-state index in [1.54, 1.807) is 0 Å². The average molecular weight is 233 g/mol. The number of carbonyl (C=O) groups is 1. The minimum Gasteiger partial charge on any atom is -0.394 e. The molecule has 1 aromatic rings. The van der Waals surface area contributed by atoms with Crippen molar-refractivity contribution in [2.45, 2.75) is 38.6 Å². The number of hydrogen-bond acceptors (Lipinski definition) is 2. The third-order valence-electron chi connectivity index (χ3n) is 3.76. The molecule has 3 nitrogen and oxygen atoms in total. The van der Waals surface area contributed by atoms with Crippen LogP contribution >= 0.6 is 0 Å². The monoisotopic (exact) mass is 233 g/mol. The van der Waals surface area contributed by atoms with Gasteiger partial charge in [0, 0.05) is 5.56 Å². The van der Waals surface area contributed by atoms with Gasteiger partial charge in [-0.25, -0.2) is 0 Å². The van der Waals surface area contributed by atoms with E-state index in [4.69, 9.17) is 0 Å². The number of aryl methyl sites for hydroxylation is 2. The molecule has 0 unspecified atom stereocenters. The van der Waals surface area contributed by atoms with Gasteiger partial charge in [0.05, 0.1) is 12.1 Å². The normalized spacial score (nSPS) is 17.4. The van der Waals surface area contributed by atoms with E-state index in [9.17, 15) is 9.90 Å². The number of amides is 1. The highest BCUT2D eigenvalue weighted by molar-refractivity contribution is 5.95. The van der Waals surface area contributed by atoms with Crippen LogP contribution in [0.4, 0.5) is 0 Å². The van der Waals surface area contributed by atoms with Crippen LogP contribution in [0.2, 0.25) is 0 Å². The van der Waals surface area contributed by atoms with Crippen LogP contribution in [-0.2, 0) is 0 Å². The van der Waals surface area contributed by atoms with Gasteiger partial charge >= 0.3 is 0 Å². The van der Waals surface area contributed by atoms with E-state index in [-0.39, 0.29) is 18.1 Å². The Labute approximate surface area is 102 Å². The van der Waals surface area contributed by atoms with E-state index >= 15 is 0 Å². The number of nitrogens with one attached hydrogen (secondary N) is 1. The fraction of sp³-hybridized carbons (Fsp3) is 0.500. The molecule has 17 heavy (non-hydrogen) atoms. The van der Waals surface area contributed by atoms with Gasteiger partial charge in [-0.05, 0) is 56.4 Å². The van der Waals surface area contributed by atoms with Crippen LogP contribution in [0.25, 0.3) is 0 Å². The summed E-state index contributed by atoms with van der Waals surface area (Å²) in [5.41, 5.74) is 2.61. The smallest absolute Gasteiger partial charge is 0.251 e. The molecule has 1 fully saturated rings. The zero-order valence-electron chi connectivity index (χ0n) is 10.4. The Morgan fingerprint density at radius 1 is 1.35 bits per heavy atom. The van der Waals surface area contributed by atoms with Crippen molar-refractivity contribution in [3.05, 3.63) is 34.9 Å². The summed E-state index contributed by atoms with van der Waals surface area (Å²) < 4.78 is 0. The molecule has 92 valence electrons. The van der Waals surface area contributed by atoms with Gasteiger partial charge in [0.2, 0.25) is 0 Å². The van der Waals surface area contributed by atoms with Crippen LogP contribution in [0.3, 0.4) is 0 Å². The van der Waals surface area contributed by atoms with Crippen molar-refractivity contribution in [1.82, 2.24) is 5.32 Å². The second-order valence-corrected chi connectivity index (χ2v) is 5.05. The van der Waals surface area contributed by atoms with Gasteiger partial charge in [-0.3, -0.25) is 4.79 Å². The fourth-order valence-corrected chi connectivity index (χ4v) is 2.12. The van der Waals surface area contributed by atoms with Crippen LogP contribution in [-0.4, -0.2) is 23.2 Å². The summed E-state index contributed by atoms with van der Waals surface area (Å²) >= 11 is 0. The molecule has 1 aliphatic rings. The predicted molar refractivity (Wildman–Crippen MR) is 67.1 cm³/mol. The second kappa shape index (κ2) is 4.49. The summed E-state index contributed by atoms with van der Waals surface area (Å²) in [6.07, 6.45) is 2.83. The zero-order chi connectivity index (χ0) is 12.5. The summed E-state index contributed by atoms with van der Waals surface area (Å²) in [6.45, 7) is 4.05. The summed E-state index contributed by atoms with van der Waals surface area (Å²) in [6, 6.07) is 5.69. The van der Waals surface area contributed by atoms with Gasteiger partial charge in [-0.15, -0.1) is 0 Å². The minimum absolute atomic E-state index is 0.0313. The van der Waals surface area contributed by atoms with Gasteiger partial charge in [-0.1, -0.05) is 6.07 Å². The molecule has 1 saturated carbocycles. The third-order valence-corrected chi connectivity index (χ3v) is 3.76. The number of carbonyl (C=O) groups excluding carboxylic acids is 1. The molecule has 1 aromatic carbocycles. The molecule has 0 saturated heterocycles. The van der Waals surface area contributed by atoms with Crippen molar-refractivity contribution in [3.8, 4) is 0 Å². The molecule has 0 aromatic heterocycles. The lowest BCUT2D eigenvalue weighted by atomic mass is 9.77. The van der Waals surface area contributed by atoms with E-state index in [1.165, 1.54) is 5.56 Å². The quantitative estimate of drug-likeness (QED) is 0.838. The van der Waals surface area contributed by atoms with E-state index in [2.05, 4.69) is 5.32 Å². The topological polar surface area (TPSA) is 49.3 Å². The standard InChI is InChI=1S/C14H19NO2/c1-10-4-5-12(8-11(10)2)13(17)15-14(9-16)6-3-7-14/h4-5,8,16H,3,6-7,9H2,1-2H3,(H,15,17). The van der Waals surface area contributed by atoms with E-state index in [0.29, 0.717) is 5.56 Å². The van der Waals surface area contributed by atoms with Crippen molar-refractivity contribution >= 4 is 5.91 Å².